The molecule has 2 aromatic rings. The highest BCUT2D eigenvalue weighted by molar-refractivity contribution is 7.17. The Morgan fingerprint density at radius 1 is 1.11 bits per heavy atom. The first-order chi connectivity index (χ1) is 13.1. The van der Waals surface area contributed by atoms with Crippen molar-refractivity contribution in [3.05, 3.63) is 51.9 Å². The maximum Gasteiger partial charge on any atom is 0.341 e. The lowest BCUT2D eigenvalue weighted by Crippen LogP contribution is -2.14. The van der Waals surface area contributed by atoms with Gasteiger partial charge >= 0.3 is 5.97 Å². The minimum absolute atomic E-state index is 0.0403. The van der Waals surface area contributed by atoms with Crippen LogP contribution in [0, 0.1) is 0 Å². The minimum atomic E-state index is -0.412. The molecule has 1 aromatic carbocycles. The highest BCUT2D eigenvalue weighted by Crippen LogP contribution is 2.38. The van der Waals surface area contributed by atoms with Crippen LogP contribution in [0.25, 0.3) is 0 Å². The third-order valence-corrected chi connectivity index (χ3v) is 5.75. The Bertz CT molecular complexity index is 841. The van der Waals surface area contributed by atoms with E-state index < -0.39 is 5.97 Å². The maximum atomic E-state index is 12.6. The van der Waals surface area contributed by atoms with Crippen molar-refractivity contribution in [3.63, 3.8) is 0 Å². The molecule has 0 saturated carbocycles. The van der Waals surface area contributed by atoms with E-state index in [1.807, 2.05) is 18.2 Å². The molecule has 0 radical (unpaired) electrons. The molecule has 27 heavy (non-hydrogen) atoms. The van der Waals surface area contributed by atoms with E-state index in [-0.39, 0.29) is 18.3 Å². The van der Waals surface area contributed by atoms with Crippen molar-refractivity contribution < 1.29 is 19.1 Å². The first kappa shape index (κ1) is 19.3. The van der Waals surface area contributed by atoms with Crippen molar-refractivity contribution in [2.24, 2.45) is 0 Å². The molecule has 3 rings (SSSR count). The minimum Gasteiger partial charge on any atom is -0.462 e. The van der Waals surface area contributed by atoms with Gasteiger partial charge in [-0.05, 0) is 37.7 Å². The van der Waals surface area contributed by atoms with E-state index in [2.05, 4.69) is 5.32 Å². The topological polar surface area (TPSA) is 72.5 Å². The summed E-state index contributed by atoms with van der Waals surface area (Å²) in [7, 11) is 0. The van der Waals surface area contributed by atoms with Gasteiger partial charge in [0.25, 0.3) is 0 Å². The van der Waals surface area contributed by atoms with E-state index in [9.17, 15) is 14.4 Å². The molecule has 1 heterocycles. The number of thiophene rings is 1. The fourth-order valence-electron chi connectivity index (χ4n) is 3.27. The molecule has 142 valence electrons. The summed E-state index contributed by atoms with van der Waals surface area (Å²) < 4.78 is 5.43. The van der Waals surface area contributed by atoms with Gasteiger partial charge in [0, 0.05) is 23.8 Å². The number of esters is 1. The number of hydrogen-bond donors (Lipinski definition) is 1. The summed E-state index contributed by atoms with van der Waals surface area (Å²) in [5, 5.41) is 3.35. The van der Waals surface area contributed by atoms with Gasteiger partial charge in [0.1, 0.15) is 5.00 Å². The Hall–Kier alpha value is -2.47. The van der Waals surface area contributed by atoms with E-state index in [0.29, 0.717) is 29.0 Å². The highest BCUT2D eigenvalue weighted by atomic mass is 32.1. The molecule has 0 saturated heterocycles. The number of ketones is 1. The molecule has 0 unspecified atom stereocenters. The average Bonchev–Trinajstić information content (AvgIpc) is 3.02. The Balaban J connectivity index is 1.60. The number of amides is 1. The summed E-state index contributed by atoms with van der Waals surface area (Å²) in [6.07, 6.45) is 4.71. The highest BCUT2D eigenvalue weighted by Gasteiger charge is 2.26. The van der Waals surface area contributed by atoms with E-state index in [0.717, 1.165) is 36.1 Å². The van der Waals surface area contributed by atoms with Crippen molar-refractivity contribution in [3.8, 4) is 0 Å². The van der Waals surface area contributed by atoms with Gasteiger partial charge in [-0.1, -0.05) is 30.3 Å². The number of Topliss-reactive ketones (excluding diaryl/α,β-unsaturated/α-hetero) is 1. The summed E-state index contributed by atoms with van der Waals surface area (Å²) in [5.41, 5.74) is 2.18. The monoisotopic (exact) mass is 385 g/mol. The number of carbonyl (C=O) groups excluding carboxylic acids is 3. The van der Waals surface area contributed by atoms with Gasteiger partial charge < -0.3 is 10.1 Å². The van der Waals surface area contributed by atoms with Crippen LogP contribution >= 0.6 is 11.3 Å². The van der Waals surface area contributed by atoms with E-state index in [1.54, 1.807) is 12.1 Å². The summed E-state index contributed by atoms with van der Waals surface area (Å²) in [5.74, 6) is -0.570. The van der Waals surface area contributed by atoms with Gasteiger partial charge in [0.15, 0.2) is 5.78 Å². The second-order valence-corrected chi connectivity index (χ2v) is 7.73. The number of rotatable bonds is 7. The number of anilines is 1. The normalized spacial score (nSPS) is 12.9. The lowest BCUT2D eigenvalue weighted by molar-refractivity contribution is -0.114. The molecule has 0 spiro atoms. The summed E-state index contributed by atoms with van der Waals surface area (Å²) in [6.45, 7) is 1.62. The van der Waals surface area contributed by atoms with Crippen LogP contribution in [-0.4, -0.2) is 24.3 Å². The van der Waals surface area contributed by atoms with Crippen LogP contribution in [0.3, 0.4) is 0 Å². The fourth-order valence-corrected chi connectivity index (χ4v) is 4.59. The number of benzene rings is 1. The summed E-state index contributed by atoms with van der Waals surface area (Å²) in [6, 6.07) is 9.09. The van der Waals surface area contributed by atoms with Crippen LogP contribution in [0.4, 0.5) is 5.00 Å². The van der Waals surface area contributed by atoms with Crippen molar-refractivity contribution in [2.45, 2.75) is 45.4 Å². The van der Waals surface area contributed by atoms with E-state index in [1.165, 1.54) is 18.3 Å². The third kappa shape index (κ3) is 4.83. The molecule has 1 N–H and O–H groups in total. The third-order valence-electron chi connectivity index (χ3n) is 4.54. The smallest absolute Gasteiger partial charge is 0.341 e. The van der Waals surface area contributed by atoms with Gasteiger partial charge in [0.05, 0.1) is 12.2 Å². The Morgan fingerprint density at radius 2 is 1.85 bits per heavy atom. The molecule has 1 amide bonds. The molecule has 0 fully saturated rings. The molecule has 0 bridgehead atoms. The van der Waals surface area contributed by atoms with Crippen molar-refractivity contribution in [1.29, 1.82) is 0 Å². The van der Waals surface area contributed by atoms with Crippen LogP contribution in [0.15, 0.2) is 30.3 Å². The molecule has 0 atom stereocenters. The quantitative estimate of drug-likeness (QED) is 0.435. The van der Waals surface area contributed by atoms with Crippen molar-refractivity contribution in [1.82, 2.24) is 0 Å². The average molecular weight is 385 g/mol. The van der Waals surface area contributed by atoms with Gasteiger partial charge in [-0.15, -0.1) is 11.3 Å². The SMILES string of the molecule is CC(=O)Nc1sc2c(c1C(=O)OCCCC(=O)c1ccccc1)CCCC2. The van der Waals surface area contributed by atoms with Gasteiger partial charge in [-0.25, -0.2) is 4.79 Å². The molecular formula is C21H23NO4S. The number of nitrogens with one attached hydrogen (secondary N) is 1. The molecule has 0 aliphatic heterocycles. The second-order valence-electron chi connectivity index (χ2n) is 6.62. The van der Waals surface area contributed by atoms with E-state index >= 15 is 0 Å². The molecule has 1 aliphatic rings. The van der Waals surface area contributed by atoms with Crippen molar-refractivity contribution in [2.75, 3.05) is 11.9 Å². The lowest BCUT2D eigenvalue weighted by atomic mass is 9.95. The molecular weight excluding hydrogens is 362 g/mol. The van der Waals surface area contributed by atoms with Crippen LogP contribution < -0.4 is 5.32 Å². The maximum absolute atomic E-state index is 12.6. The van der Waals surface area contributed by atoms with Crippen LogP contribution in [0.5, 0.6) is 0 Å². The first-order valence-electron chi connectivity index (χ1n) is 9.23. The number of carbonyl (C=O) groups is 3. The standard InChI is InChI=1S/C21H23NO4S/c1-14(23)22-20-19(16-10-5-6-12-18(16)27-20)21(25)26-13-7-11-17(24)15-8-3-2-4-9-15/h2-4,8-9H,5-7,10-13H2,1H3,(H,22,23). The van der Waals surface area contributed by atoms with Crippen molar-refractivity contribution >= 4 is 34.0 Å². The zero-order valence-corrected chi connectivity index (χ0v) is 16.2. The Kier molecular flexibility index (Phi) is 6.40. The number of hydrogen-bond acceptors (Lipinski definition) is 5. The molecule has 5 nitrogen and oxygen atoms in total. The predicted octanol–water partition coefficient (Wildman–Crippen LogP) is 4.41. The molecule has 1 aromatic heterocycles. The number of ether oxygens (including phenoxy) is 1. The fraction of sp³-hybridized carbons (Fsp3) is 0.381. The van der Waals surface area contributed by atoms with E-state index in [4.69, 9.17) is 4.74 Å². The summed E-state index contributed by atoms with van der Waals surface area (Å²) in [4.78, 5) is 37.4. The zero-order valence-electron chi connectivity index (χ0n) is 15.4. The van der Waals surface area contributed by atoms with Gasteiger partial charge in [0.2, 0.25) is 5.91 Å². The molecule has 1 aliphatic carbocycles. The summed E-state index contributed by atoms with van der Waals surface area (Å²) >= 11 is 1.47. The molecule has 6 heteroatoms. The predicted molar refractivity (Wildman–Crippen MR) is 106 cm³/mol. The van der Waals surface area contributed by atoms with Gasteiger partial charge in [-0.3, -0.25) is 9.59 Å². The number of aryl methyl sites for hydroxylation is 1. The van der Waals surface area contributed by atoms with Gasteiger partial charge in [-0.2, -0.15) is 0 Å². The van der Waals surface area contributed by atoms with Crippen LogP contribution in [0.2, 0.25) is 0 Å². The first-order valence-corrected chi connectivity index (χ1v) is 10.1. The Labute approximate surface area is 162 Å². The Morgan fingerprint density at radius 3 is 2.59 bits per heavy atom. The lowest BCUT2D eigenvalue weighted by Gasteiger charge is -2.12. The number of fused-ring (bicyclic) bond motifs is 1. The van der Waals surface area contributed by atoms with Crippen LogP contribution in [-0.2, 0) is 22.4 Å². The van der Waals surface area contributed by atoms with Crippen LogP contribution in [0.1, 0.15) is 63.8 Å². The zero-order chi connectivity index (χ0) is 19.2. The largest absolute Gasteiger partial charge is 0.462 e. The second kappa shape index (κ2) is 8.95.